The number of esters is 1. The van der Waals surface area contributed by atoms with Gasteiger partial charge in [0.05, 0.1) is 6.10 Å². The van der Waals surface area contributed by atoms with E-state index in [-0.39, 0.29) is 35.1 Å². The van der Waals surface area contributed by atoms with E-state index in [0.717, 1.165) is 12.8 Å². The van der Waals surface area contributed by atoms with Gasteiger partial charge in [-0.2, -0.15) is 0 Å². The molecule has 1 aliphatic carbocycles. The number of fused-ring (bicyclic) bond motifs is 3. The Kier molecular flexibility index (Phi) is 3.50. The number of hydrogen-bond donors (Lipinski definition) is 3. The Bertz CT molecular complexity index is 797. The van der Waals surface area contributed by atoms with Gasteiger partial charge in [-0.15, -0.1) is 0 Å². The van der Waals surface area contributed by atoms with Crippen LogP contribution < -0.4 is 5.32 Å². The van der Waals surface area contributed by atoms with Gasteiger partial charge < -0.3 is 25.0 Å². The fourth-order valence-electron chi connectivity index (χ4n) is 3.93. The second kappa shape index (κ2) is 5.39. The molecule has 1 aromatic rings. The summed E-state index contributed by atoms with van der Waals surface area (Å²) in [5, 5.41) is 24.9. The summed E-state index contributed by atoms with van der Waals surface area (Å²) in [6, 6.07) is 6.35. The van der Waals surface area contributed by atoms with Gasteiger partial charge in [-0.05, 0) is 19.8 Å². The highest BCUT2D eigenvalue weighted by Gasteiger charge is 2.70. The molecule has 2 heterocycles. The fraction of sp³-hybridized carbons (Fsp3) is 0.444. The number of ketones is 1. The van der Waals surface area contributed by atoms with Crippen LogP contribution in [-0.4, -0.2) is 46.9 Å². The van der Waals surface area contributed by atoms with Crippen LogP contribution in [0.25, 0.3) is 0 Å². The zero-order chi connectivity index (χ0) is 17.8. The molecule has 1 fully saturated rings. The number of rotatable bonds is 3. The molecule has 0 radical (unpaired) electrons. The molecule has 0 unspecified atom stereocenters. The number of Topliss-reactive ketones (excluding diaryl/α,β-unsaturated/α-hetero) is 1. The first-order chi connectivity index (χ1) is 11.9. The van der Waals surface area contributed by atoms with Crippen LogP contribution in [0.5, 0.6) is 0 Å². The Labute approximate surface area is 144 Å². The lowest BCUT2D eigenvalue weighted by molar-refractivity contribution is -0.149. The molecule has 3 aliphatic rings. The van der Waals surface area contributed by atoms with Crippen molar-refractivity contribution in [1.82, 2.24) is 5.32 Å². The van der Waals surface area contributed by atoms with Gasteiger partial charge in [-0.1, -0.05) is 24.3 Å². The van der Waals surface area contributed by atoms with E-state index in [1.165, 1.54) is 13.0 Å². The van der Waals surface area contributed by atoms with Crippen molar-refractivity contribution in [2.24, 2.45) is 0 Å². The first-order valence-electron chi connectivity index (χ1n) is 8.27. The summed E-state index contributed by atoms with van der Waals surface area (Å²) >= 11 is 0. The molecule has 0 amide bonds. The van der Waals surface area contributed by atoms with Crippen LogP contribution in [0.2, 0.25) is 0 Å². The van der Waals surface area contributed by atoms with Crippen LogP contribution in [0, 0.1) is 0 Å². The molecular formula is C18H19NO6. The summed E-state index contributed by atoms with van der Waals surface area (Å²) in [5.74, 6) is -1.56. The molecule has 4 rings (SSSR count). The first kappa shape index (κ1) is 16.3. The lowest BCUT2D eigenvalue weighted by atomic mass is 9.85. The summed E-state index contributed by atoms with van der Waals surface area (Å²) in [7, 11) is 0. The number of carbonyl (C=O) groups is 2. The summed E-state index contributed by atoms with van der Waals surface area (Å²) in [6.45, 7) is 2.20. The SMILES string of the molecule is CC1=C(C(=O)OC[C@@H]2CCCO2)[C@]2(O)C(=O)c3ccccc3[C@]2(O)N1. The van der Waals surface area contributed by atoms with Crippen LogP contribution in [0.15, 0.2) is 35.5 Å². The van der Waals surface area contributed by atoms with Crippen molar-refractivity contribution >= 4 is 11.8 Å². The standard InChI is InChI=1S/C18H19NO6/c1-10-14(16(21)25-9-11-5-4-8-24-11)17(22)15(20)12-6-2-3-7-13(12)18(17,23)19-10/h2-3,6-7,11,19,22-23H,4-5,8-9H2,1H3/t11-,17-,18+/m0/s1. The Morgan fingerprint density at radius 3 is 2.88 bits per heavy atom. The van der Waals surface area contributed by atoms with Crippen LogP contribution in [0.3, 0.4) is 0 Å². The summed E-state index contributed by atoms with van der Waals surface area (Å²) in [5.41, 5.74) is -4.11. The zero-order valence-corrected chi connectivity index (χ0v) is 13.7. The Morgan fingerprint density at radius 1 is 1.40 bits per heavy atom. The summed E-state index contributed by atoms with van der Waals surface area (Å²) in [4.78, 5) is 25.4. The molecule has 25 heavy (non-hydrogen) atoms. The number of benzene rings is 1. The van der Waals surface area contributed by atoms with Crippen molar-refractivity contribution in [2.45, 2.75) is 37.2 Å². The van der Waals surface area contributed by atoms with Gasteiger partial charge in [0.2, 0.25) is 17.1 Å². The minimum absolute atomic E-state index is 0.0469. The highest BCUT2D eigenvalue weighted by Crippen LogP contribution is 2.51. The van der Waals surface area contributed by atoms with E-state index in [1.807, 2.05) is 0 Å². The zero-order valence-electron chi connectivity index (χ0n) is 13.7. The average molecular weight is 345 g/mol. The first-order valence-corrected chi connectivity index (χ1v) is 8.27. The highest BCUT2D eigenvalue weighted by atomic mass is 16.6. The second-order valence-electron chi connectivity index (χ2n) is 6.65. The van der Waals surface area contributed by atoms with Crippen LogP contribution >= 0.6 is 0 Å². The van der Waals surface area contributed by atoms with Gasteiger partial charge in [0.1, 0.15) is 12.2 Å². The predicted octanol–water partition coefficient (Wildman–Crippen LogP) is 0.358. The van der Waals surface area contributed by atoms with Crippen molar-refractivity contribution in [3.05, 3.63) is 46.7 Å². The molecule has 0 saturated carbocycles. The van der Waals surface area contributed by atoms with E-state index in [9.17, 15) is 19.8 Å². The summed E-state index contributed by atoms with van der Waals surface area (Å²) < 4.78 is 10.7. The smallest absolute Gasteiger partial charge is 0.339 e. The number of carbonyl (C=O) groups excluding carboxylic acids is 2. The van der Waals surface area contributed by atoms with Gasteiger partial charge in [-0.25, -0.2) is 4.79 Å². The highest BCUT2D eigenvalue weighted by molar-refractivity contribution is 6.16. The lowest BCUT2D eigenvalue weighted by Crippen LogP contribution is -2.56. The topological polar surface area (TPSA) is 105 Å². The van der Waals surface area contributed by atoms with E-state index in [1.54, 1.807) is 18.2 Å². The molecule has 0 bridgehead atoms. The largest absolute Gasteiger partial charge is 0.459 e. The molecule has 1 aromatic carbocycles. The minimum atomic E-state index is -2.41. The maximum atomic E-state index is 12.8. The van der Waals surface area contributed by atoms with Crippen LogP contribution in [0.4, 0.5) is 0 Å². The van der Waals surface area contributed by atoms with E-state index < -0.39 is 23.1 Å². The van der Waals surface area contributed by atoms with Gasteiger partial charge in [0.25, 0.3) is 0 Å². The third-order valence-corrected chi connectivity index (χ3v) is 5.15. The van der Waals surface area contributed by atoms with Crippen LogP contribution in [0.1, 0.15) is 35.7 Å². The maximum Gasteiger partial charge on any atom is 0.339 e. The van der Waals surface area contributed by atoms with Crippen LogP contribution in [-0.2, 0) is 20.0 Å². The Hall–Kier alpha value is -2.22. The molecule has 132 valence electrons. The van der Waals surface area contributed by atoms with E-state index in [2.05, 4.69) is 5.32 Å². The number of allylic oxidation sites excluding steroid dienone is 1. The van der Waals surface area contributed by atoms with Crippen molar-refractivity contribution < 1.29 is 29.3 Å². The van der Waals surface area contributed by atoms with Gasteiger partial charge in [0, 0.05) is 23.4 Å². The molecule has 7 nitrogen and oxygen atoms in total. The molecule has 7 heteroatoms. The molecule has 0 spiro atoms. The van der Waals surface area contributed by atoms with Gasteiger partial charge in [-0.3, -0.25) is 4.79 Å². The van der Waals surface area contributed by atoms with Gasteiger partial charge >= 0.3 is 5.97 Å². The van der Waals surface area contributed by atoms with E-state index >= 15 is 0 Å². The van der Waals surface area contributed by atoms with E-state index in [4.69, 9.17) is 9.47 Å². The number of aliphatic hydroxyl groups is 2. The van der Waals surface area contributed by atoms with Crippen molar-refractivity contribution in [1.29, 1.82) is 0 Å². The quantitative estimate of drug-likeness (QED) is 0.679. The fourth-order valence-corrected chi connectivity index (χ4v) is 3.93. The lowest BCUT2D eigenvalue weighted by Gasteiger charge is -2.32. The number of hydrogen-bond acceptors (Lipinski definition) is 7. The van der Waals surface area contributed by atoms with Crippen molar-refractivity contribution in [2.75, 3.05) is 13.2 Å². The molecule has 3 atom stereocenters. The second-order valence-corrected chi connectivity index (χ2v) is 6.65. The molecule has 2 aliphatic heterocycles. The Balaban J connectivity index is 1.67. The normalized spacial score (nSPS) is 33.2. The molecule has 1 saturated heterocycles. The Morgan fingerprint density at radius 2 is 2.16 bits per heavy atom. The van der Waals surface area contributed by atoms with E-state index in [0.29, 0.717) is 6.61 Å². The van der Waals surface area contributed by atoms with Crippen molar-refractivity contribution in [3.8, 4) is 0 Å². The van der Waals surface area contributed by atoms with Crippen molar-refractivity contribution in [3.63, 3.8) is 0 Å². The average Bonchev–Trinajstić information content (AvgIpc) is 3.22. The molecule has 0 aromatic heterocycles. The third kappa shape index (κ3) is 2.03. The molecule has 3 N–H and O–H groups in total. The molecular weight excluding hydrogens is 326 g/mol. The van der Waals surface area contributed by atoms with Gasteiger partial charge in [0.15, 0.2) is 0 Å². The third-order valence-electron chi connectivity index (χ3n) is 5.15. The maximum absolute atomic E-state index is 12.8. The number of ether oxygens (including phenoxy) is 2. The summed E-state index contributed by atoms with van der Waals surface area (Å²) in [6.07, 6.45) is 1.52. The number of nitrogens with one attached hydrogen (secondary N) is 1. The monoisotopic (exact) mass is 345 g/mol. The predicted molar refractivity (Wildman–Crippen MR) is 85.4 cm³/mol. The minimum Gasteiger partial charge on any atom is -0.459 e.